The van der Waals surface area contributed by atoms with Crippen LogP contribution in [0.15, 0.2) is 0 Å². The van der Waals surface area contributed by atoms with Crippen LogP contribution < -0.4 is 0 Å². The van der Waals surface area contributed by atoms with Crippen LogP contribution in [0.25, 0.3) is 0 Å². The van der Waals surface area contributed by atoms with Crippen LogP contribution >= 0.6 is 11.6 Å². The van der Waals surface area contributed by atoms with Gasteiger partial charge in [0.1, 0.15) is 6.10 Å². The normalized spacial score (nSPS) is 45.4. The first-order valence-corrected chi connectivity index (χ1v) is 6.21. The summed E-state index contributed by atoms with van der Waals surface area (Å²) in [6.45, 7) is 6.52. The minimum atomic E-state index is -0.0717. The van der Waals surface area contributed by atoms with E-state index in [-0.39, 0.29) is 22.9 Å². The molecule has 0 amide bonds. The molecule has 3 heteroatoms. The van der Waals surface area contributed by atoms with E-state index in [1.807, 2.05) is 0 Å². The minimum Gasteiger partial charge on any atom is -0.460 e. The van der Waals surface area contributed by atoms with Crippen molar-refractivity contribution in [1.29, 1.82) is 0 Å². The number of carbonyl (C=O) groups is 1. The van der Waals surface area contributed by atoms with Crippen molar-refractivity contribution in [3.05, 3.63) is 0 Å². The molecule has 0 unspecified atom stereocenters. The van der Waals surface area contributed by atoms with E-state index < -0.39 is 0 Å². The lowest BCUT2D eigenvalue weighted by molar-refractivity contribution is -0.142. The molecule has 2 nitrogen and oxygen atoms in total. The summed E-state index contributed by atoms with van der Waals surface area (Å²) >= 11 is 6.46. The highest BCUT2D eigenvalue weighted by Gasteiger charge is 2.53. The quantitative estimate of drug-likeness (QED) is 0.511. The van der Waals surface area contributed by atoms with Gasteiger partial charge in [-0.2, -0.15) is 0 Å². The highest BCUT2D eigenvalue weighted by atomic mass is 35.5. The second-order valence-electron chi connectivity index (χ2n) is 5.63. The molecule has 0 bridgehead atoms. The van der Waals surface area contributed by atoms with Crippen molar-refractivity contribution >= 4 is 17.6 Å². The molecule has 86 valence electrons. The first-order valence-electron chi connectivity index (χ1n) is 5.77. The molecule has 0 aromatic rings. The maximum Gasteiger partial charge on any atom is 0.306 e. The molecule has 1 heterocycles. The van der Waals surface area contributed by atoms with E-state index in [4.69, 9.17) is 16.3 Å². The van der Waals surface area contributed by atoms with Crippen LogP contribution in [-0.2, 0) is 9.53 Å². The van der Waals surface area contributed by atoms with Crippen LogP contribution in [-0.4, -0.2) is 17.5 Å². The maximum absolute atomic E-state index is 11.4. The topological polar surface area (TPSA) is 26.3 Å². The predicted octanol–water partition coefficient (Wildman–Crippen LogP) is 2.98. The van der Waals surface area contributed by atoms with Gasteiger partial charge in [0.15, 0.2) is 0 Å². The molecule has 0 spiro atoms. The highest BCUT2D eigenvalue weighted by molar-refractivity contribution is 6.21. The van der Waals surface area contributed by atoms with Gasteiger partial charge in [-0.25, -0.2) is 0 Å². The van der Waals surface area contributed by atoms with Gasteiger partial charge < -0.3 is 4.74 Å². The fraction of sp³-hybridized carbons (Fsp3) is 0.917. The van der Waals surface area contributed by atoms with Crippen molar-refractivity contribution in [2.24, 2.45) is 17.3 Å². The van der Waals surface area contributed by atoms with Crippen molar-refractivity contribution in [2.75, 3.05) is 0 Å². The number of carbonyl (C=O) groups excluding carboxylic acids is 1. The summed E-state index contributed by atoms with van der Waals surface area (Å²) in [7, 11) is 0. The molecule has 15 heavy (non-hydrogen) atoms. The molecule has 1 saturated carbocycles. The zero-order valence-electron chi connectivity index (χ0n) is 9.63. The standard InChI is InChI=1S/C12H19ClO2/c1-7(2)8-4-5-12(3)6-9(14)15-11(12)10(8)13/h7-8,10-11H,4-6H2,1-3H3/t8-,10+,11-,12-/m0/s1. The Labute approximate surface area is 96.3 Å². The maximum atomic E-state index is 11.4. The second-order valence-corrected chi connectivity index (χ2v) is 6.14. The lowest BCUT2D eigenvalue weighted by atomic mass is 9.66. The third-order valence-corrected chi connectivity index (χ3v) is 4.65. The SMILES string of the molecule is CC(C)[C@@H]1CC[C@@]2(C)CC(=O)O[C@H]2[C@@H]1Cl. The molecule has 0 N–H and O–H groups in total. The van der Waals surface area contributed by atoms with E-state index in [0.29, 0.717) is 18.3 Å². The largest absolute Gasteiger partial charge is 0.460 e. The Hall–Kier alpha value is -0.240. The number of ether oxygens (including phenoxy) is 1. The number of hydrogen-bond acceptors (Lipinski definition) is 2. The Kier molecular flexibility index (Phi) is 2.74. The molecule has 1 saturated heterocycles. The molecular weight excluding hydrogens is 212 g/mol. The van der Waals surface area contributed by atoms with Crippen molar-refractivity contribution < 1.29 is 9.53 Å². The minimum absolute atomic E-state index is 0.00444. The fourth-order valence-corrected chi connectivity index (χ4v) is 3.79. The van der Waals surface area contributed by atoms with Crippen LogP contribution in [0, 0.1) is 17.3 Å². The lowest BCUT2D eigenvalue weighted by Gasteiger charge is -2.42. The van der Waals surface area contributed by atoms with E-state index in [0.717, 1.165) is 12.8 Å². The van der Waals surface area contributed by atoms with Crippen molar-refractivity contribution in [3.8, 4) is 0 Å². The Morgan fingerprint density at radius 2 is 2.20 bits per heavy atom. The lowest BCUT2D eigenvalue weighted by Crippen LogP contribution is -2.45. The summed E-state index contributed by atoms with van der Waals surface area (Å²) in [6, 6.07) is 0. The average Bonchev–Trinajstić information content (AvgIpc) is 2.41. The number of fused-ring (bicyclic) bond motifs is 1. The molecule has 2 rings (SSSR count). The summed E-state index contributed by atoms with van der Waals surface area (Å²) in [5.74, 6) is 0.976. The van der Waals surface area contributed by atoms with Gasteiger partial charge >= 0.3 is 5.97 Å². The van der Waals surface area contributed by atoms with Gasteiger partial charge in [-0.05, 0) is 24.7 Å². The Balaban J connectivity index is 2.19. The zero-order valence-corrected chi connectivity index (χ0v) is 10.4. The Morgan fingerprint density at radius 3 is 2.80 bits per heavy atom. The third kappa shape index (κ3) is 1.77. The molecule has 0 aromatic heterocycles. The molecule has 2 fully saturated rings. The highest BCUT2D eigenvalue weighted by Crippen LogP contribution is 2.50. The van der Waals surface area contributed by atoms with Gasteiger partial charge in [-0.15, -0.1) is 11.6 Å². The van der Waals surface area contributed by atoms with Crippen LogP contribution in [0.1, 0.15) is 40.0 Å². The number of rotatable bonds is 1. The summed E-state index contributed by atoms with van der Waals surface area (Å²) < 4.78 is 5.39. The molecule has 1 aliphatic heterocycles. The molecule has 4 atom stereocenters. The van der Waals surface area contributed by atoms with E-state index in [2.05, 4.69) is 20.8 Å². The predicted molar refractivity (Wildman–Crippen MR) is 59.8 cm³/mol. The number of halogens is 1. The summed E-state index contributed by atoms with van der Waals surface area (Å²) in [5.41, 5.74) is -0.00507. The van der Waals surface area contributed by atoms with Gasteiger partial charge in [0.2, 0.25) is 0 Å². The van der Waals surface area contributed by atoms with Crippen LogP contribution in [0.2, 0.25) is 0 Å². The number of hydrogen-bond donors (Lipinski definition) is 0. The van der Waals surface area contributed by atoms with Crippen LogP contribution in [0.5, 0.6) is 0 Å². The van der Waals surface area contributed by atoms with Gasteiger partial charge in [-0.1, -0.05) is 20.8 Å². The van der Waals surface area contributed by atoms with E-state index in [9.17, 15) is 4.79 Å². The molecule has 2 aliphatic rings. The molecular formula is C12H19ClO2. The summed E-state index contributed by atoms with van der Waals surface area (Å²) in [4.78, 5) is 11.4. The van der Waals surface area contributed by atoms with Crippen molar-refractivity contribution in [1.82, 2.24) is 0 Å². The Morgan fingerprint density at radius 1 is 1.53 bits per heavy atom. The first-order chi connectivity index (χ1) is 6.94. The van der Waals surface area contributed by atoms with E-state index >= 15 is 0 Å². The van der Waals surface area contributed by atoms with Crippen LogP contribution in [0.4, 0.5) is 0 Å². The van der Waals surface area contributed by atoms with Gasteiger partial charge in [0, 0.05) is 5.41 Å². The van der Waals surface area contributed by atoms with E-state index in [1.165, 1.54) is 0 Å². The smallest absolute Gasteiger partial charge is 0.306 e. The van der Waals surface area contributed by atoms with Crippen molar-refractivity contribution in [2.45, 2.75) is 51.5 Å². The van der Waals surface area contributed by atoms with E-state index in [1.54, 1.807) is 0 Å². The summed E-state index contributed by atoms with van der Waals surface area (Å²) in [6.07, 6.45) is 2.67. The van der Waals surface area contributed by atoms with Gasteiger partial charge in [0.25, 0.3) is 0 Å². The average molecular weight is 231 g/mol. The van der Waals surface area contributed by atoms with Gasteiger partial charge in [0.05, 0.1) is 11.8 Å². The number of alkyl halides is 1. The molecule has 0 radical (unpaired) electrons. The fourth-order valence-electron chi connectivity index (χ4n) is 3.02. The second kappa shape index (κ2) is 3.65. The first kappa shape index (κ1) is 11.3. The van der Waals surface area contributed by atoms with Crippen LogP contribution in [0.3, 0.4) is 0 Å². The Bertz CT molecular complexity index is 277. The zero-order chi connectivity index (χ0) is 11.2. The number of esters is 1. The molecule has 0 aromatic carbocycles. The monoisotopic (exact) mass is 230 g/mol. The third-order valence-electron chi connectivity index (χ3n) is 4.10. The summed E-state index contributed by atoms with van der Waals surface area (Å²) in [5, 5.41) is -0.00444. The molecule has 1 aliphatic carbocycles. The van der Waals surface area contributed by atoms with Gasteiger partial charge in [-0.3, -0.25) is 4.79 Å². The van der Waals surface area contributed by atoms with Crippen molar-refractivity contribution in [3.63, 3.8) is 0 Å².